The molecular weight excluding hydrogens is 308 g/mol. The fraction of sp³-hybridized carbons (Fsp3) is 0.471. The minimum atomic E-state index is -0.359. The third-order valence-electron chi connectivity index (χ3n) is 4.17. The second kappa shape index (κ2) is 7.44. The van der Waals surface area contributed by atoms with Gasteiger partial charge in [-0.1, -0.05) is 0 Å². The number of pyridine rings is 1. The van der Waals surface area contributed by atoms with Crippen molar-refractivity contribution in [3.05, 3.63) is 41.3 Å². The lowest BCUT2D eigenvalue weighted by molar-refractivity contribution is 0.0526. The van der Waals surface area contributed by atoms with Crippen molar-refractivity contribution < 1.29 is 14.6 Å². The van der Waals surface area contributed by atoms with Crippen LogP contribution in [0.4, 0.5) is 5.82 Å². The van der Waals surface area contributed by atoms with E-state index in [1.54, 1.807) is 19.1 Å². The zero-order chi connectivity index (χ0) is 16.9. The number of nitrogens with one attached hydrogen (secondary N) is 1. The van der Waals surface area contributed by atoms with Crippen LogP contribution < -0.4 is 5.32 Å². The fourth-order valence-corrected chi connectivity index (χ4v) is 3.05. The molecule has 1 aliphatic rings. The molecule has 2 aromatic heterocycles. The molecule has 0 aliphatic heterocycles. The number of carbonyl (C=O) groups excluding carboxylic acids is 1. The molecule has 0 saturated heterocycles. The molecule has 128 valence electrons. The molecule has 0 bridgehead atoms. The molecule has 2 N–H and O–H groups in total. The van der Waals surface area contributed by atoms with E-state index in [1.807, 2.05) is 10.9 Å². The molecule has 1 atom stereocenters. The minimum absolute atomic E-state index is 0.0864. The van der Waals surface area contributed by atoms with Gasteiger partial charge in [-0.05, 0) is 38.3 Å². The van der Waals surface area contributed by atoms with Crippen LogP contribution in [0.15, 0.2) is 24.5 Å². The Labute approximate surface area is 140 Å². The van der Waals surface area contributed by atoms with Crippen molar-refractivity contribution in [1.82, 2.24) is 14.8 Å². The lowest BCUT2D eigenvalue weighted by atomic mass is 9.93. The Morgan fingerprint density at radius 2 is 2.33 bits per heavy atom. The van der Waals surface area contributed by atoms with Gasteiger partial charge in [0, 0.05) is 17.5 Å². The van der Waals surface area contributed by atoms with E-state index in [-0.39, 0.29) is 18.6 Å². The molecule has 0 fully saturated rings. The van der Waals surface area contributed by atoms with Gasteiger partial charge in [0.25, 0.3) is 0 Å². The lowest BCUT2D eigenvalue weighted by Gasteiger charge is -2.24. The number of fused-ring (bicyclic) bond motifs is 1. The summed E-state index contributed by atoms with van der Waals surface area (Å²) in [5.74, 6) is 0.359. The summed E-state index contributed by atoms with van der Waals surface area (Å²) in [6.45, 7) is 2.73. The maximum atomic E-state index is 11.7. The summed E-state index contributed by atoms with van der Waals surface area (Å²) in [5, 5.41) is 16.9. The molecule has 0 unspecified atom stereocenters. The van der Waals surface area contributed by atoms with Crippen molar-refractivity contribution in [3.63, 3.8) is 0 Å². The van der Waals surface area contributed by atoms with Crippen LogP contribution in [0.1, 0.15) is 47.4 Å². The molecule has 7 heteroatoms. The predicted molar refractivity (Wildman–Crippen MR) is 88.8 cm³/mol. The van der Waals surface area contributed by atoms with Crippen LogP contribution >= 0.6 is 0 Å². The summed E-state index contributed by atoms with van der Waals surface area (Å²) in [7, 11) is 0. The van der Waals surface area contributed by atoms with E-state index in [0.717, 1.165) is 30.6 Å². The molecule has 0 saturated carbocycles. The summed E-state index contributed by atoms with van der Waals surface area (Å²) >= 11 is 0. The Balaban J connectivity index is 1.72. The number of aliphatic hydroxyl groups is 1. The first-order valence-corrected chi connectivity index (χ1v) is 8.28. The first-order chi connectivity index (χ1) is 11.7. The molecule has 0 aromatic carbocycles. The first-order valence-electron chi connectivity index (χ1n) is 8.28. The molecule has 0 radical (unpaired) electrons. The fourth-order valence-electron chi connectivity index (χ4n) is 3.05. The lowest BCUT2D eigenvalue weighted by Crippen LogP contribution is -2.19. The van der Waals surface area contributed by atoms with E-state index in [2.05, 4.69) is 15.4 Å². The van der Waals surface area contributed by atoms with Gasteiger partial charge in [-0.2, -0.15) is 5.10 Å². The number of aliphatic hydroxyl groups excluding tert-OH is 1. The number of esters is 1. The molecule has 0 amide bonds. The molecule has 7 nitrogen and oxygen atoms in total. The first kappa shape index (κ1) is 16.4. The monoisotopic (exact) mass is 330 g/mol. The van der Waals surface area contributed by atoms with Gasteiger partial charge in [-0.3, -0.25) is 4.68 Å². The standard InChI is InChI=1S/C17H22N4O3/c1-2-24-17(23)12-6-7-16(18-10-12)20-14-4-3-5-15-13(14)11-19-21(15)8-9-22/h6-7,10-11,14,22H,2-5,8-9H2,1H3,(H,18,20)/t14-/m1/s1. The van der Waals surface area contributed by atoms with Crippen molar-refractivity contribution in [3.8, 4) is 0 Å². The van der Waals surface area contributed by atoms with Crippen LogP contribution in [0.5, 0.6) is 0 Å². The van der Waals surface area contributed by atoms with E-state index in [1.165, 1.54) is 11.9 Å². The topological polar surface area (TPSA) is 89.3 Å². The van der Waals surface area contributed by atoms with Crippen LogP contribution in [0.2, 0.25) is 0 Å². The largest absolute Gasteiger partial charge is 0.462 e. The second-order valence-corrected chi connectivity index (χ2v) is 5.74. The summed E-state index contributed by atoms with van der Waals surface area (Å²) in [6.07, 6.45) is 6.43. The second-order valence-electron chi connectivity index (χ2n) is 5.74. The van der Waals surface area contributed by atoms with Crippen molar-refractivity contribution in [2.24, 2.45) is 0 Å². The van der Waals surface area contributed by atoms with Crippen molar-refractivity contribution >= 4 is 11.8 Å². The molecule has 24 heavy (non-hydrogen) atoms. The summed E-state index contributed by atoms with van der Waals surface area (Å²) in [4.78, 5) is 16.0. The van der Waals surface area contributed by atoms with Gasteiger partial charge in [-0.25, -0.2) is 9.78 Å². The van der Waals surface area contributed by atoms with Gasteiger partial charge in [0.05, 0.1) is 37.6 Å². The smallest absolute Gasteiger partial charge is 0.339 e. The average Bonchev–Trinajstić information content (AvgIpc) is 3.00. The highest BCUT2D eigenvalue weighted by molar-refractivity contribution is 5.89. The molecule has 1 aliphatic carbocycles. The third kappa shape index (κ3) is 3.41. The van der Waals surface area contributed by atoms with Crippen molar-refractivity contribution in [2.45, 2.75) is 38.8 Å². The van der Waals surface area contributed by atoms with E-state index in [0.29, 0.717) is 18.7 Å². The molecule has 2 aromatic rings. The van der Waals surface area contributed by atoms with Gasteiger partial charge < -0.3 is 15.2 Å². The van der Waals surface area contributed by atoms with Crippen LogP contribution in [0.25, 0.3) is 0 Å². The Morgan fingerprint density at radius 3 is 3.04 bits per heavy atom. The number of aromatic nitrogens is 3. The van der Waals surface area contributed by atoms with Crippen LogP contribution in [0, 0.1) is 0 Å². The number of hydrogen-bond acceptors (Lipinski definition) is 6. The van der Waals surface area contributed by atoms with Gasteiger partial charge in [0.1, 0.15) is 5.82 Å². The van der Waals surface area contributed by atoms with Crippen LogP contribution in [-0.4, -0.2) is 39.1 Å². The number of rotatable bonds is 6. The highest BCUT2D eigenvalue weighted by atomic mass is 16.5. The number of carbonyl (C=O) groups is 1. The summed E-state index contributed by atoms with van der Waals surface area (Å²) in [6, 6.07) is 3.65. The Bertz CT molecular complexity index is 696. The summed E-state index contributed by atoms with van der Waals surface area (Å²) < 4.78 is 6.83. The Kier molecular flexibility index (Phi) is 5.10. The Hall–Kier alpha value is -2.41. The van der Waals surface area contributed by atoms with E-state index < -0.39 is 0 Å². The highest BCUT2D eigenvalue weighted by Gasteiger charge is 2.24. The molecule has 3 rings (SSSR count). The van der Waals surface area contributed by atoms with Gasteiger partial charge in [0.15, 0.2) is 0 Å². The number of ether oxygens (including phenoxy) is 1. The molecule has 0 spiro atoms. The Morgan fingerprint density at radius 1 is 1.46 bits per heavy atom. The van der Waals surface area contributed by atoms with E-state index in [9.17, 15) is 4.79 Å². The maximum Gasteiger partial charge on any atom is 0.339 e. The van der Waals surface area contributed by atoms with Crippen LogP contribution in [0.3, 0.4) is 0 Å². The van der Waals surface area contributed by atoms with E-state index >= 15 is 0 Å². The quantitative estimate of drug-likeness (QED) is 0.787. The van der Waals surface area contributed by atoms with Crippen LogP contribution in [-0.2, 0) is 17.7 Å². The van der Waals surface area contributed by atoms with Crippen molar-refractivity contribution in [2.75, 3.05) is 18.5 Å². The van der Waals surface area contributed by atoms with E-state index in [4.69, 9.17) is 9.84 Å². The normalized spacial score (nSPS) is 16.5. The SMILES string of the molecule is CCOC(=O)c1ccc(N[C@@H]2CCCc3c2cnn3CCO)nc1. The highest BCUT2D eigenvalue weighted by Crippen LogP contribution is 2.32. The summed E-state index contributed by atoms with van der Waals surface area (Å²) in [5.41, 5.74) is 2.78. The van der Waals surface area contributed by atoms with Crippen molar-refractivity contribution in [1.29, 1.82) is 0 Å². The molecular formula is C17H22N4O3. The zero-order valence-electron chi connectivity index (χ0n) is 13.7. The number of anilines is 1. The average molecular weight is 330 g/mol. The van der Waals surface area contributed by atoms with Gasteiger partial charge >= 0.3 is 5.97 Å². The minimum Gasteiger partial charge on any atom is -0.462 e. The van der Waals surface area contributed by atoms with Gasteiger partial charge in [-0.15, -0.1) is 0 Å². The number of nitrogens with zero attached hydrogens (tertiary/aromatic N) is 3. The number of hydrogen-bond donors (Lipinski definition) is 2. The third-order valence-corrected chi connectivity index (χ3v) is 4.17. The van der Waals surface area contributed by atoms with Gasteiger partial charge in [0.2, 0.25) is 0 Å². The predicted octanol–water partition coefficient (Wildman–Crippen LogP) is 1.94. The maximum absolute atomic E-state index is 11.7. The zero-order valence-corrected chi connectivity index (χ0v) is 13.7. The molecule has 2 heterocycles.